The van der Waals surface area contributed by atoms with Gasteiger partial charge in [-0.25, -0.2) is 15.0 Å². The van der Waals surface area contributed by atoms with Gasteiger partial charge in [-0.15, -0.1) is 0 Å². The van der Waals surface area contributed by atoms with Crippen LogP contribution in [0.3, 0.4) is 0 Å². The number of pyridine rings is 2. The van der Waals surface area contributed by atoms with Crippen molar-refractivity contribution in [2.75, 3.05) is 0 Å². The summed E-state index contributed by atoms with van der Waals surface area (Å²) in [7, 11) is 0. The molecule has 0 aliphatic carbocycles. The number of nitriles is 1. The van der Waals surface area contributed by atoms with E-state index in [2.05, 4.69) is 24.9 Å². The van der Waals surface area contributed by atoms with Crippen LogP contribution in [0.5, 0.6) is 0 Å². The van der Waals surface area contributed by atoms with Crippen LogP contribution in [0.25, 0.3) is 33.5 Å². The van der Waals surface area contributed by atoms with Gasteiger partial charge in [-0.3, -0.25) is 0 Å². The molecule has 6 heteroatoms. The van der Waals surface area contributed by atoms with E-state index in [1.165, 1.54) is 0 Å². The first-order valence-corrected chi connectivity index (χ1v) is 6.03. The maximum absolute atomic E-state index is 8.76. The van der Waals surface area contributed by atoms with Crippen LogP contribution in [0.1, 0.15) is 5.69 Å². The van der Waals surface area contributed by atoms with Crippen LogP contribution in [-0.2, 0) is 0 Å². The van der Waals surface area contributed by atoms with E-state index in [9.17, 15) is 0 Å². The van der Waals surface area contributed by atoms with Gasteiger partial charge in [-0.05, 0) is 18.2 Å². The average molecular weight is 260 g/mol. The molecule has 0 amide bonds. The Bertz CT molecular complexity index is 955. The van der Waals surface area contributed by atoms with E-state index in [0.29, 0.717) is 11.5 Å². The first kappa shape index (κ1) is 10.7. The van der Waals surface area contributed by atoms with Gasteiger partial charge >= 0.3 is 0 Å². The quantitative estimate of drug-likeness (QED) is 0.549. The Kier molecular flexibility index (Phi) is 2.08. The Labute approximate surface area is 113 Å². The van der Waals surface area contributed by atoms with Gasteiger partial charge in [0.05, 0.1) is 11.7 Å². The lowest BCUT2D eigenvalue weighted by Crippen LogP contribution is -1.85. The van der Waals surface area contributed by atoms with E-state index in [4.69, 9.17) is 5.26 Å². The number of fused-ring (bicyclic) bond motifs is 3. The van der Waals surface area contributed by atoms with Crippen LogP contribution in [0.2, 0.25) is 0 Å². The fourth-order valence-corrected chi connectivity index (χ4v) is 2.22. The SMILES string of the molecule is N#Cc1ccc(-c2nc3cnc4[nH]ccc4c3[nH]2)cn1. The lowest BCUT2D eigenvalue weighted by atomic mass is 10.2. The average Bonchev–Trinajstić information content (AvgIpc) is 3.12. The van der Waals surface area contributed by atoms with E-state index in [1.807, 2.05) is 24.4 Å². The van der Waals surface area contributed by atoms with Crippen molar-refractivity contribution in [2.24, 2.45) is 0 Å². The smallest absolute Gasteiger partial charge is 0.140 e. The van der Waals surface area contributed by atoms with E-state index in [1.54, 1.807) is 18.5 Å². The van der Waals surface area contributed by atoms with Crippen molar-refractivity contribution in [3.05, 3.63) is 42.5 Å². The Hall–Kier alpha value is -3.20. The van der Waals surface area contributed by atoms with Crippen LogP contribution in [-0.4, -0.2) is 24.9 Å². The molecule has 0 aliphatic heterocycles. The number of imidazole rings is 1. The van der Waals surface area contributed by atoms with Crippen molar-refractivity contribution in [1.82, 2.24) is 24.9 Å². The summed E-state index contributed by atoms with van der Waals surface area (Å²) in [6.45, 7) is 0. The van der Waals surface area contributed by atoms with Crippen molar-refractivity contribution in [2.45, 2.75) is 0 Å². The summed E-state index contributed by atoms with van der Waals surface area (Å²) in [5.41, 5.74) is 3.79. The Morgan fingerprint density at radius 3 is 2.85 bits per heavy atom. The van der Waals surface area contributed by atoms with E-state index < -0.39 is 0 Å². The first-order chi connectivity index (χ1) is 9.85. The molecule has 0 atom stereocenters. The van der Waals surface area contributed by atoms with Crippen molar-refractivity contribution in [3.8, 4) is 17.5 Å². The minimum absolute atomic E-state index is 0.388. The van der Waals surface area contributed by atoms with Gasteiger partial charge < -0.3 is 9.97 Å². The minimum Gasteiger partial charge on any atom is -0.346 e. The number of hydrogen-bond acceptors (Lipinski definition) is 4. The van der Waals surface area contributed by atoms with Crippen molar-refractivity contribution < 1.29 is 0 Å². The van der Waals surface area contributed by atoms with E-state index >= 15 is 0 Å². The molecular weight excluding hydrogens is 252 g/mol. The predicted molar refractivity (Wildman–Crippen MR) is 73.7 cm³/mol. The van der Waals surface area contributed by atoms with Gasteiger partial charge in [0.2, 0.25) is 0 Å². The minimum atomic E-state index is 0.388. The zero-order chi connectivity index (χ0) is 13.5. The highest BCUT2D eigenvalue weighted by Gasteiger charge is 2.09. The molecule has 4 aromatic rings. The molecule has 4 heterocycles. The van der Waals surface area contributed by atoms with Crippen molar-refractivity contribution in [3.63, 3.8) is 0 Å². The number of aromatic nitrogens is 5. The molecule has 94 valence electrons. The van der Waals surface area contributed by atoms with E-state index in [-0.39, 0.29) is 0 Å². The molecule has 0 radical (unpaired) electrons. The summed E-state index contributed by atoms with van der Waals surface area (Å²) >= 11 is 0. The molecule has 4 rings (SSSR count). The van der Waals surface area contributed by atoms with Gasteiger partial charge in [0.1, 0.15) is 28.8 Å². The number of aromatic amines is 2. The molecule has 0 aromatic carbocycles. The summed E-state index contributed by atoms with van der Waals surface area (Å²) in [5, 5.41) is 9.76. The lowest BCUT2D eigenvalue weighted by Gasteiger charge is -1.94. The highest BCUT2D eigenvalue weighted by atomic mass is 15.0. The molecule has 6 nitrogen and oxygen atoms in total. The van der Waals surface area contributed by atoms with Crippen LogP contribution in [0.15, 0.2) is 36.8 Å². The fraction of sp³-hybridized carbons (Fsp3) is 0. The third-order valence-electron chi connectivity index (χ3n) is 3.19. The second-order valence-electron chi connectivity index (χ2n) is 4.39. The monoisotopic (exact) mass is 260 g/mol. The number of H-pyrrole nitrogens is 2. The Balaban J connectivity index is 1.93. The van der Waals surface area contributed by atoms with Crippen LogP contribution < -0.4 is 0 Å². The molecule has 0 bridgehead atoms. The van der Waals surface area contributed by atoms with Crippen molar-refractivity contribution >= 4 is 22.1 Å². The maximum atomic E-state index is 8.76. The van der Waals surface area contributed by atoms with Gasteiger partial charge in [0.15, 0.2) is 0 Å². The zero-order valence-electron chi connectivity index (χ0n) is 10.3. The van der Waals surface area contributed by atoms with Crippen LogP contribution >= 0.6 is 0 Å². The topological polar surface area (TPSA) is 94.0 Å². The van der Waals surface area contributed by atoms with E-state index in [0.717, 1.165) is 27.6 Å². The summed E-state index contributed by atoms with van der Waals surface area (Å²) < 4.78 is 0. The predicted octanol–water partition coefficient (Wildman–Crippen LogP) is 2.37. The second-order valence-corrected chi connectivity index (χ2v) is 4.39. The maximum Gasteiger partial charge on any atom is 0.140 e. The normalized spacial score (nSPS) is 10.9. The second kappa shape index (κ2) is 3.90. The molecule has 0 spiro atoms. The molecule has 4 aromatic heterocycles. The summed E-state index contributed by atoms with van der Waals surface area (Å²) in [4.78, 5) is 19.2. The largest absolute Gasteiger partial charge is 0.346 e. The fourth-order valence-electron chi connectivity index (χ4n) is 2.22. The molecule has 0 aliphatic rings. The third-order valence-corrected chi connectivity index (χ3v) is 3.19. The van der Waals surface area contributed by atoms with Gasteiger partial charge in [-0.1, -0.05) is 0 Å². The molecule has 20 heavy (non-hydrogen) atoms. The van der Waals surface area contributed by atoms with Gasteiger partial charge in [0.25, 0.3) is 0 Å². The lowest BCUT2D eigenvalue weighted by molar-refractivity contribution is 1.24. The Morgan fingerprint density at radius 1 is 1.10 bits per heavy atom. The molecule has 0 saturated carbocycles. The van der Waals surface area contributed by atoms with Gasteiger partial charge in [-0.2, -0.15) is 5.26 Å². The highest BCUT2D eigenvalue weighted by molar-refractivity contribution is 6.01. The molecule has 2 N–H and O–H groups in total. The number of nitrogens with one attached hydrogen (secondary N) is 2. The third kappa shape index (κ3) is 1.47. The van der Waals surface area contributed by atoms with Crippen molar-refractivity contribution in [1.29, 1.82) is 5.26 Å². The summed E-state index contributed by atoms with van der Waals surface area (Å²) in [6, 6.07) is 7.46. The summed E-state index contributed by atoms with van der Waals surface area (Å²) in [6.07, 6.45) is 5.21. The Morgan fingerprint density at radius 2 is 2.05 bits per heavy atom. The first-order valence-electron chi connectivity index (χ1n) is 6.03. The van der Waals surface area contributed by atoms with Crippen LogP contribution in [0, 0.1) is 11.3 Å². The molecular formula is C14H8N6. The number of hydrogen-bond donors (Lipinski definition) is 2. The molecule has 0 saturated heterocycles. The van der Waals surface area contributed by atoms with Crippen LogP contribution in [0.4, 0.5) is 0 Å². The number of nitrogens with zero attached hydrogens (tertiary/aromatic N) is 4. The summed E-state index contributed by atoms with van der Waals surface area (Å²) in [5.74, 6) is 0.715. The highest BCUT2D eigenvalue weighted by Crippen LogP contribution is 2.24. The van der Waals surface area contributed by atoms with Gasteiger partial charge in [0, 0.05) is 23.3 Å². The number of rotatable bonds is 1. The molecule has 0 unspecified atom stereocenters. The standard InChI is InChI=1S/C14H8N6/c15-5-9-2-1-8(6-17-9)13-19-11-7-18-14-10(3-4-16-14)12(11)20-13/h1-4,6-7H,(H,16,18)(H,19,20). The zero-order valence-corrected chi connectivity index (χ0v) is 10.3. The molecule has 0 fully saturated rings.